The average Bonchev–Trinajstić information content (AvgIpc) is 2.85. The Labute approximate surface area is 130 Å². The average molecular weight is 301 g/mol. The topological polar surface area (TPSA) is 70.2 Å². The third-order valence-corrected chi connectivity index (χ3v) is 4.49. The molecule has 2 amide bonds. The molecule has 2 aliphatic heterocycles. The van der Waals surface area contributed by atoms with Crippen LogP contribution in [0.1, 0.15) is 31.2 Å². The normalized spacial score (nSPS) is 26.5. The summed E-state index contributed by atoms with van der Waals surface area (Å²) in [5, 5.41) is 9.29. The van der Waals surface area contributed by atoms with E-state index >= 15 is 0 Å². The molecule has 2 aliphatic rings. The first-order valence-electron chi connectivity index (χ1n) is 8.05. The van der Waals surface area contributed by atoms with E-state index in [2.05, 4.69) is 16.0 Å². The predicted molar refractivity (Wildman–Crippen MR) is 84.3 cm³/mol. The monoisotopic (exact) mass is 301 g/mol. The van der Waals surface area contributed by atoms with Gasteiger partial charge in [0.2, 0.25) is 11.8 Å². The van der Waals surface area contributed by atoms with E-state index in [0.29, 0.717) is 18.5 Å². The standard InChI is InChI=1S/C17H23N3O2/c21-16(8-12-4-2-1-3-5-12)18-11-17(22)20-15-9-13-6-7-14(10-15)19-13/h1-5,13-15,19H,6-11H2,(H,18,21)(H,20,22). The van der Waals surface area contributed by atoms with Crippen molar-refractivity contribution < 1.29 is 9.59 Å². The zero-order valence-corrected chi connectivity index (χ0v) is 12.7. The van der Waals surface area contributed by atoms with E-state index in [0.717, 1.165) is 18.4 Å². The van der Waals surface area contributed by atoms with Crippen LogP contribution in [0.5, 0.6) is 0 Å². The first-order valence-corrected chi connectivity index (χ1v) is 8.05. The molecule has 2 atom stereocenters. The van der Waals surface area contributed by atoms with Gasteiger partial charge in [-0.05, 0) is 31.2 Å². The third kappa shape index (κ3) is 4.07. The van der Waals surface area contributed by atoms with Crippen LogP contribution in [-0.4, -0.2) is 36.5 Å². The number of benzene rings is 1. The summed E-state index contributed by atoms with van der Waals surface area (Å²) < 4.78 is 0. The number of nitrogens with one attached hydrogen (secondary N) is 3. The van der Waals surface area contributed by atoms with Gasteiger partial charge < -0.3 is 16.0 Å². The highest BCUT2D eigenvalue weighted by Gasteiger charge is 2.33. The fourth-order valence-electron chi connectivity index (χ4n) is 3.48. The molecule has 2 bridgehead atoms. The van der Waals surface area contributed by atoms with Crippen molar-refractivity contribution in [1.82, 2.24) is 16.0 Å². The van der Waals surface area contributed by atoms with Gasteiger partial charge in [0, 0.05) is 18.1 Å². The summed E-state index contributed by atoms with van der Waals surface area (Å²) in [6, 6.07) is 10.9. The molecule has 0 radical (unpaired) electrons. The maximum Gasteiger partial charge on any atom is 0.239 e. The lowest BCUT2D eigenvalue weighted by molar-refractivity contribution is -0.126. The van der Waals surface area contributed by atoms with Gasteiger partial charge in [-0.15, -0.1) is 0 Å². The summed E-state index contributed by atoms with van der Waals surface area (Å²) in [6.45, 7) is 0.0604. The molecule has 0 saturated carbocycles. The molecule has 0 spiro atoms. The minimum absolute atomic E-state index is 0.0604. The van der Waals surface area contributed by atoms with Crippen molar-refractivity contribution in [1.29, 1.82) is 0 Å². The van der Waals surface area contributed by atoms with Crippen molar-refractivity contribution in [2.45, 2.75) is 50.2 Å². The summed E-state index contributed by atoms with van der Waals surface area (Å²) >= 11 is 0. The van der Waals surface area contributed by atoms with Gasteiger partial charge in [-0.25, -0.2) is 0 Å². The second-order valence-corrected chi connectivity index (χ2v) is 6.31. The fourth-order valence-corrected chi connectivity index (χ4v) is 3.48. The van der Waals surface area contributed by atoms with Crippen LogP contribution in [0, 0.1) is 0 Å². The summed E-state index contributed by atoms with van der Waals surface area (Å²) in [6.07, 6.45) is 4.74. The molecule has 22 heavy (non-hydrogen) atoms. The Morgan fingerprint density at radius 3 is 2.41 bits per heavy atom. The molecule has 2 heterocycles. The second-order valence-electron chi connectivity index (χ2n) is 6.31. The third-order valence-electron chi connectivity index (χ3n) is 4.49. The van der Waals surface area contributed by atoms with Crippen LogP contribution in [0.2, 0.25) is 0 Å². The highest BCUT2D eigenvalue weighted by atomic mass is 16.2. The summed E-state index contributed by atoms with van der Waals surface area (Å²) in [5.41, 5.74) is 0.954. The SMILES string of the molecule is O=C(Cc1ccccc1)NCC(=O)NC1CC2CCC(C1)N2. The number of rotatable bonds is 5. The van der Waals surface area contributed by atoms with Crippen LogP contribution in [0.4, 0.5) is 0 Å². The van der Waals surface area contributed by atoms with Crippen LogP contribution < -0.4 is 16.0 Å². The lowest BCUT2D eigenvalue weighted by Crippen LogP contribution is -2.50. The fraction of sp³-hybridized carbons (Fsp3) is 0.529. The van der Waals surface area contributed by atoms with Gasteiger partial charge in [0.1, 0.15) is 0 Å². The Morgan fingerprint density at radius 2 is 1.73 bits per heavy atom. The molecule has 3 rings (SSSR count). The number of fused-ring (bicyclic) bond motifs is 2. The lowest BCUT2D eigenvalue weighted by atomic mass is 10.00. The number of hydrogen-bond acceptors (Lipinski definition) is 3. The quantitative estimate of drug-likeness (QED) is 0.751. The molecule has 0 aromatic heterocycles. The van der Waals surface area contributed by atoms with Crippen LogP contribution in [0.15, 0.2) is 30.3 Å². The molecule has 2 fully saturated rings. The molecule has 1 aromatic carbocycles. The molecule has 3 N–H and O–H groups in total. The molecule has 2 saturated heterocycles. The van der Waals surface area contributed by atoms with Gasteiger partial charge in [-0.2, -0.15) is 0 Å². The second kappa shape index (κ2) is 6.92. The van der Waals surface area contributed by atoms with Crippen molar-refractivity contribution in [3.05, 3.63) is 35.9 Å². The Bertz CT molecular complexity index is 520. The zero-order chi connectivity index (χ0) is 15.4. The van der Waals surface area contributed by atoms with Gasteiger partial charge in [0.05, 0.1) is 13.0 Å². The number of carbonyl (C=O) groups excluding carboxylic acids is 2. The van der Waals surface area contributed by atoms with E-state index in [4.69, 9.17) is 0 Å². The Balaban J connectivity index is 1.38. The minimum atomic E-state index is -0.119. The number of hydrogen-bond donors (Lipinski definition) is 3. The van der Waals surface area contributed by atoms with Gasteiger partial charge in [-0.3, -0.25) is 9.59 Å². The van der Waals surface area contributed by atoms with E-state index in [-0.39, 0.29) is 24.4 Å². The first-order chi connectivity index (χ1) is 10.7. The maximum absolute atomic E-state index is 12.0. The lowest BCUT2D eigenvalue weighted by Gasteiger charge is -2.29. The number of carbonyl (C=O) groups is 2. The van der Waals surface area contributed by atoms with E-state index < -0.39 is 0 Å². The van der Waals surface area contributed by atoms with E-state index in [1.807, 2.05) is 30.3 Å². The highest BCUT2D eigenvalue weighted by molar-refractivity contribution is 5.85. The molecular formula is C17H23N3O2. The predicted octanol–water partition coefficient (Wildman–Crippen LogP) is 0.744. The van der Waals surface area contributed by atoms with Crippen molar-refractivity contribution in [3.8, 4) is 0 Å². The molecule has 0 aliphatic carbocycles. The molecular weight excluding hydrogens is 278 g/mol. The Hall–Kier alpha value is -1.88. The maximum atomic E-state index is 12.0. The van der Waals surface area contributed by atoms with Crippen molar-refractivity contribution in [3.63, 3.8) is 0 Å². The number of amides is 2. The van der Waals surface area contributed by atoms with Crippen molar-refractivity contribution in [2.24, 2.45) is 0 Å². The number of piperidine rings is 1. The van der Waals surface area contributed by atoms with Gasteiger partial charge in [0.25, 0.3) is 0 Å². The van der Waals surface area contributed by atoms with E-state index in [9.17, 15) is 9.59 Å². The molecule has 5 nitrogen and oxygen atoms in total. The van der Waals surface area contributed by atoms with Crippen LogP contribution in [-0.2, 0) is 16.0 Å². The van der Waals surface area contributed by atoms with Crippen molar-refractivity contribution in [2.75, 3.05) is 6.54 Å². The molecule has 5 heteroatoms. The summed E-state index contributed by atoms with van der Waals surface area (Å²) in [5.74, 6) is -0.209. The van der Waals surface area contributed by atoms with Gasteiger partial charge in [-0.1, -0.05) is 30.3 Å². The molecule has 1 aromatic rings. The largest absolute Gasteiger partial charge is 0.352 e. The Morgan fingerprint density at radius 1 is 1.05 bits per heavy atom. The van der Waals surface area contributed by atoms with E-state index in [1.54, 1.807) is 0 Å². The zero-order valence-electron chi connectivity index (χ0n) is 12.7. The van der Waals surface area contributed by atoms with Crippen LogP contribution in [0.25, 0.3) is 0 Å². The van der Waals surface area contributed by atoms with E-state index in [1.165, 1.54) is 12.8 Å². The van der Waals surface area contributed by atoms with Crippen LogP contribution >= 0.6 is 0 Å². The minimum Gasteiger partial charge on any atom is -0.352 e. The smallest absolute Gasteiger partial charge is 0.239 e. The molecule has 2 unspecified atom stereocenters. The summed E-state index contributed by atoms with van der Waals surface area (Å²) in [7, 11) is 0. The van der Waals surface area contributed by atoms with Crippen molar-refractivity contribution >= 4 is 11.8 Å². The van der Waals surface area contributed by atoms with Crippen LogP contribution in [0.3, 0.4) is 0 Å². The Kier molecular flexibility index (Phi) is 4.73. The molecule has 118 valence electrons. The highest BCUT2D eigenvalue weighted by Crippen LogP contribution is 2.26. The first kappa shape index (κ1) is 15.0. The van der Waals surface area contributed by atoms with Gasteiger partial charge in [0.15, 0.2) is 0 Å². The van der Waals surface area contributed by atoms with Gasteiger partial charge >= 0.3 is 0 Å². The summed E-state index contributed by atoms with van der Waals surface area (Å²) in [4.78, 5) is 23.8.